The number of aromatic nitrogens is 1. The van der Waals surface area contributed by atoms with E-state index in [4.69, 9.17) is 4.74 Å². The van der Waals surface area contributed by atoms with Crippen molar-refractivity contribution in [1.82, 2.24) is 9.88 Å². The van der Waals surface area contributed by atoms with Crippen LogP contribution in [0.2, 0.25) is 0 Å². The summed E-state index contributed by atoms with van der Waals surface area (Å²) in [5.74, 6) is 0.847. The quantitative estimate of drug-likeness (QED) is 0.762. The van der Waals surface area contributed by atoms with Gasteiger partial charge >= 0.3 is 0 Å². The summed E-state index contributed by atoms with van der Waals surface area (Å²) in [6.45, 7) is 4.19. The molecule has 2 rings (SSSR count). The highest BCUT2D eigenvalue weighted by Crippen LogP contribution is 2.20. The third-order valence-electron chi connectivity index (χ3n) is 3.07. The fraction of sp³-hybridized carbons (Fsp3) is 0.176. The van der Waals surface area contributed by atoms with Gasteiger partial charge in [0.2, 0.25) is 0 Å². The zero-order valence-electron chi connectivity index (χ0n) is 12.4. The van der Waals surface area contributed by atoms with Crippen molar-refractivity contribution in [3.8, 4) is 17.0 Å². The van der Waals surface area contributed by atoms with Gasteiger partial charge in [0, 0.05) is 37.8 Å². The van der Waals surface area contributed by atoms with Crippen LogP contribution in [0.5, 0.6) is 5.75 Å². The summed E-state index contributed by atoms with van der Waals surface area (Å²) in [6, 6.07) is 12.0. The zero-order valence-corrected chi connectivity index (χ0v) is 12.4. The lowest BCUT2D eigenvalue weighted by atomic mass is 10.1. The SMILES string of the molecule is C=NC=CN(C)Cc1ccc(-c2ccc(OC)cc2)nc1. The minimum atomic E-state index is 0.780. The largest absolute Gasteiger partial charge is 0.497 e. The second kappa shape index (κ2) is 7.24. The Morgan fingerprint density at radius 2 is 2.00 bits per heavy atom. The van der Waals surface area contributed by atoms with Crippen molar-refractivity contribution in [1.29, 1.82) is 0 Å². The van der Waals surface area contributed by atoms with Gasteiger partial charge in [-0.1, -0.05) is 6.07 Å². The van der Waals surface area contributed by atoms with Gasteiger partial charge in [-0.2, -0.15) is 0 Å². The number of hydrogen-bond acceptors (Lipinski definition) is 4. The Morgan fingerprint density at radius 3 is 2.57 bits per heavy atom. The van der Waals surface area contributed by atoms with E-state index in [2.05, 4.69) is 22.8 Å². The molecule has 0 unspecified atom stereocenters. The molecule has 21 heavy (non-hydrogen) atoms. The summed E-state index contributed by atoms with van der Waals surface area (Å²) in [5.41, 5.74) is 3.17. The minimum absolute atomic E-state index is 0.780. The molecule has 1 aromatic carbocycles. The van der Waals surface area contributed by atoms with Gasteiger partial charge in [0.1, 0.15) is 5.75 Å². The second-order valence-corrected chi connectivity index (χ2v) is 4.68. The Bertz CT molecular complexity index is 603. The zero-order chi connectivity index (χ0) is 15.1. The average molecular weight is 281 g/mol. The van der Waals surface area contributed by atoms with Crippen LogP contribution in [0.15, 0.2) is 60.0 Å². The maximum Gasteiger partial charge on any atom is 0.118 e. The normalized spacial score (nSPS) is 10.6. The molecule has 108 valence electrons. The smallest absolute Gasteiger partial charge is 0.118 e. The Hall–Kier alpha value is -2.62. The third-order valence-corrected chi connectivity index (χ3v) is 3.07. The maximum atomic E-state index is 5.16. The van der Waals surface area contributed by atoms with E-state index in [1.165, 1.54) is 0 Å². The van der Waals surface area contributed by atoms with Crippen LogP contribution in [0.1, 0.15) is 5.56 Å². The molecular weight excluding hydrogens is 262 g/mol. The molecule has 0 saturated heterocycles. The Kier molecular flexibility index (Phi) is 5.10. The maximum absolute atomic E-state index is 5.16. The highest BCUT2D eigenvalue weighted by atomic mass is 16.5. The van der Waals surface area contributed by atoms with Crippen LogP contribution in [-0.4, -0.2) is 30.8 Å². The topological polar surface area (TPSA) is 37.7 Å². The molecule has 0 fully saturated rings. The predicted octanol–water partition coefficient (Wildman–Crippen LogP) is 3.36. The standard InChI is InChI=1S/C17H19N3O/c1-18-10-11-20(2)13-14-4-9-17(19-12-14)15-5-7-16(21-3)8-6-15/h4-12H,1,13H2,2-3H3. The van der Waals surface area contributed by atoms with Gasteiger partial charge in [-0.3, -0.25) is 9.98 Å². The van der Waals surface area contributed by atoms with E-state index in [1.807, 2.05) is 54.7 Å². The van der Waals surface area contributed by atoms with E-state index in [1.54, 1.807) is 13.3 Å². The first-order valence-electron chi connectivity index (χ1n) is 6.65. The molecular formula is C17H19N3O. The van der Waals surface area contributed by atoms with Crippen LogP contribution in [0.4, 0.5) is 0 Å². The molecule has 4 heteroatoms. The Labute approximate surface area is 125 Å². The number of ether oxygens (including phenoxy) is 1. The summed E-state index contributed by atoms with van der Waals surface area (Å²) in [5, 5.41) is 0. The van der Waals surface area contributed by atoms with Crippen molar-refractivity contribution in [3.05, 3.63) is 60.6 Å². The number of hydrogen-bond donors (Lipinski definition) is 0. The number of rotatable bonds is 6. The summed E-state index contributed by atoms with van der Waals surface area (Å²) in [6.07, 6.45) is 5.44. The van der Waals surface area contributed by atoms with Crippen LogP contribution in [-0.2, 0) is 6.54 Å². The van der Waals surface area contributed by atoms with Crippen LogP contribution in [0, 0.1) is 0 Å². The van der Waals surface area contributed by atoms with Gasteiger partial charge in [0.15, 0.2) is 0 Å². The first-order valence-corrected chi connectivity index (χ1v) is 6.65. The fourth-order valence-corrected chi connectivity index (χ4v) is 1.95. The number of pyridine rings is 1. The van der Waals surface area contributed by atoms with E-state index >= 15 is 0 Å². The van der Waals surface area contributed by atoms with Crippen molar-refractivity contribution in [3.63, 3.8) is 0 Å². The lowest BCUT2D eigenvalue weighted by Crippen LogP contribution is -2.09. The molecule has 0 N–H and O–H groups in total. The lowest BCUT2D eigenvalue weighted by molar-refractivity contribution is 0.415. The van der Waals surface area contributed by atoms with Crippen molar-refractivity contribution in [2.75, 3.05) is 14.2 Å². The molecule has 0 aliphatic heterocycles. The fourth-order valence-electron chi connectivity index (χ4n) is 1.95. The number of methoxy groups -OCH3 is 1. The van der Waals surface area contributed by atoms with Gasteiger partial charge in [-0.15, -0.1) is 0 Å². The third kappa shape index (κ3) is 4.18. The summed E-state index contributed by atoms with van der Waals surface area (Å²) in [4.78, 5) is 10.2. The van der Waals surface area contributed by atoms with Gasteiger partial charge in [0.25, 0.3) is 0 Å². The lowest BCUT2D eigenvalue weighted by Gasteiger charge is -2.13. The van der Waals surface area contributed by atoms with Gasteiger partial charge in [-0.25, -0.2) is 0 Å². The molecule has 4 nitrogen and oxygen atoms in total. The Morgan fingerprint density at radius 1 is 1.24 bits per heavy atom. The average Bonchev–Trinajstić information content (AvgIpc) is 2.54. The van der Waals surface area contributed by atoms with E-state index in [0.717, 1.165) is 29.1 Å². The molecule has 0 atom stereocenters. The van der Waals surface area contributed by atoms with Gasteiger partial charge in [-0.05, 0) is 42.6 Å². The second-order valence-electron chi connectivity index (χ2n) is 4.68. The van der Waals surface area contributed by atoms with Crippen molar-refractivity contribution in [2.24, 2.45) is 4.99 Å². The van der Waals surface area contributed by atoms with Crippen molar-refractivity contribution < 1.29 is 4.74 Å². The monoisotopic (exact) mass is 281 g/mol. The molecule has 0 aliphatic rings. The van der Waals surface area contributed by atoms with Crippen molar-refractivity contribution >= 4 is 6.72 Å². The number of benzene rings is 1. The van der Waals surface area contributed by atoms with Crippen LogP contribution in [0.25, 0.3) is 11.3 Å². The molecule has 0 amide bonds. The molecule has 0 spiro atoms. The molecule has 2 aromatic rings. The molecule has 0 aliphatic carbocycles. The minimum Gasteiger partial charge on any atom is -0.497 e. The Balaban J connectivity index is 2.07. The van der Waals surface area contributed by atoms with Gasteiger partial charge in [0.05, 0.1) is 12.8 Å². The molecule has 1 aromatic heterocycles. The van der Waals surface area contributed by atoms with Gasteiger partial charge < -0.3 is 9.64 Å². The molecule has 0 radical (unpaired) electrons. The number of aliphatic imine (C=N–C) groups is 1. The molecule has 0 bridgehead atoms. The highest BCUT2D eigenvalue weighted by Gasteiger charge is 2.01. The van der Waals surface area contributed by atoms with Crippen LogP contribution < -0.4 is 4.74 Å². The van der Waals surface area contributed by atoms with Crippen LogP contribution in [0.3, 0.4) is 0 Å². The van der Waals surface area contributed by atoms with E-state index in [0.29, 0.717) is 0 Å². The molecule has 0 saturated carbocycles. The van der Waals surface area contributed by atoms with Crippen molar-refractivity contribution in [2.45, 2.75) is 6.54 Å². The van der Waals surface area contributed by atoms with E-state index in [-0.39, 0.29) is 0 Å². The first kappa shape index (κ1) is 14.8. The van der Waals surface area contributed by atoms with Crippen LogP contribution >= 0.6 is 0 Å². The number of nitrogens with zero attached hydrogens (tertiary/aromatic N) is 3. The highest BCUT2D eigenvalue weighted by molar-refractivity contribution is 5.60. The summed E-state index contributed by atoms with van der Waals surface area (Å²) >= 11 is 0. The summed E-state index contributed by atoms with van der Waals surface area (Å²) < 4.78 is 5.16. The summed E-state index contributed by atoms with van der Waals surface area (Å²) in [7, 11) is 3.65. The first-order chi connectivity index (χ1) is 10.2. The molecule has 1 heterocycles. The predicted molar refractivity (Wildman–Crippen MR) is 86.4 cm³/mol. The van der Waals surface area contributed by atoms with E-state index < -0.39 is 0 Å². The van der Waals surface area contributed by atoms with E-state index in [9.17, 15) is 0 Å².